The molecule has 1 N–H and O–H groups in total. The van der Waals surface area contributed by atoms with Gasteiger partial charge in [0.2, 0.25) is 0 Å². The van der Waals surface area contributed by atoms with E-state index >= 15 is 0 Å². The number of aliphatic imine (C=N–C) groups is 1. The molecule has 0 fully saturated rings. The summed E-state index contributed by atoms with van der Waals surface area (Å²) >= 11 is 0. The molecule has 0 aliphatic heterocycles. The topological polar surface area (TPSA) is 41.8 Å². The molecule has 56 heavy (non-hydrogen) atoms. The first kappa shape index (κ1) is 43.7. The molecule has 0 saturated heterocycles. The van der Waals surface area contributed by atoms with E-state index in [0.29, 0.717) is 23.1 Å². The molecule has 7 aromatic rings. The zero-order valence-electron chi connectivity index (χ0n) is 33.5. The Kier molecular flexibility index (Phi) is 16.7. The van der Waals surface area contributed by atoms with Crippen LogP contribution in [0.25, 0.3) is 10.8 Å². The average Bonchev–Trinajstić information content (AvgIpc) is 3.19. The summed E-state index contributed by atoms with van der Waals surface area (Å²) in [4.78, 5) is 4.86. The number of fused-ring (bicyclic) bond motifs is 1. The number of ether oxygens (including phenoxy) is 1. The second-order valence-electron chi connectivity index (χ2n) is 15.0. The number of benzene rings is 7. The van der Waals surface area contributed by atoms with Gasteiger partial charge in [-0.3, -0.25) is 4.99 Å². The molecule has 0 amide bonds. The van der Waals surface area contributed by atoms with Gasteiger partial charge in [0.05, 0.1) is 19.0 Å². The number of phenols is 1. The molecule has 5 heteroatoms. The third kappa shape index (κ3) is 12.2. The first-order chi connectivity index (χ1) is 26.5. The van der Waals surface area contributed by atoms with Crippen LogP contribution in [0.1, 0.15) is 77.0 Å². The van der Waals surface area contributed by atoms with E-state index in [4.69, 9.17) is 9.73 Å². The minimum atomic E-state index is -0.877. The maximum atomic E-state index is 11.1. The van der Waals surface area contributed by atoms with Gasteiger partial charge in [0.15, 0.2) is 0 Å². The van der Waals surface area contributed by atoms with Crippen LogP contribution in [0, 0.1) is 6.07 Å². The van der Waals surface area contributed by atoms with Crippen molar-refractivity contribution in [1.82, 2.24) is 0 Å². The van der Waals surface area contributed by atoms with Gasteiger partial charge in [-0.15, -0.1) is 0 Å². The van der Waals surface area contributed by atoms with Gasteiger partial charge in [0.25, 0.3) is 0 Å². The van der Waals surface area contributed by atoms with Crippen LogP contribution in [-0.4, -0.2) is 16.9 Å². The fourth-order valence-corrected chi connectivity index (χ4v) is 8.89. The number of aromatic hydroxyl groups is 1. The second kappa shape index (κ2) is 21.3. The molecular formula is C51H54NNiO2P. The van der Waals surface area contributed by atoms with Crippen LogP contribution in [0.3, 0.4) is 0 Å². The maximum absolute atomic E-state index is 11.1. The van der Waals surface area contributed by atoms with Crippen LogP contribution in [0.15, 0.2) is 175 Å². The molecule has 7 rings (SSSR count). The van der Waals surface area contributed by atoms with Crippen molar-refractivity contribution in [1.29, 1.82) is 0 Å². The van der Waals surface area contributed by atoms with Crippen molar-refractivity contribution in [3.8, 4) is 11.5 Å². The average molecular weight is 803 g/mol. The van der Waals surface area contributed by atoms with E-state index < -0.39 is 7.92 Å². The predicted molar refractivity (Wildman–Crippen MR) is 240 cm³/mol. The van der Waals surface area contributed by atoms with E-state index in [0.717, 1.165) is 16.5 Å². The van der Waals surface area contributed by atoms with Crippen LogP contribution in [0.4, 0.5) is 5.69 Å². The van der Waals surface area contributed by atoms with Crippen molar-refractivity contribution >= 4 is 46.5 Å². The van der Waals surface area contributed by atoms with Gasteiger partial charge in [-0.25, -0.2) is 0 Å². The van der Waals surface area contributed by atoms with Gasteiger partial charge in [0, 0.05) is 28.3 Å². The van der Waals surface area contributed by atoms with Gasteiger partial charge >= 0.3 is 0 Å². The van der Waals surface area contributed by atoms with Gasteiger partial charge < -0.3 is 9.84 Å². The van der Waals surface area contributed by atoms with Gasteiger partial charge in [-0.2, -0.15) is 36.4 Å². The summed E-state index contributed by atoms with van der Waals surface area (Å²) in [6, 6.07) is 61.1. The maximum Gasteiger partial charge on any atom is 0.135 e. The Hall–Kier alpha value is -5.01. The molecule has 0 heterocycles. The Bertz CT molecular complexity index is 2090. The molecule has 0 aliphatic carbocycles. The Balaban J connectivity index is 0.000000226. The summed E-state index contributed by atoms with van der Waals surface area (Å²) in [5.74, 6) is 1.61. The van der Waals surface area contributed by atoms with Crippen LogP contribution in [0.2, 0.25) is 0 Å². The van der Waals surface area contributed by atoms with Crippen molar-refractivity contribution in [3.63, 3.8) is 0 Å². The molecule has 0 aromatic heterocycles. The first-order valence-electron chi connectivity index (χ1n) is 19.1. The molecule has 0 atom stereocenters. The normalized spacial score (nSPS) is 11.1. The Labute approximate surface area is 346 Å². The van der Waals surface area contributed by atoms with Gasteiger partial charge in [-0.05, 0) is 97.7 Å². The standard InChI is InChI=1S/C27H33NO2.C18H15P.C6H5.Ni/c1-17(2)21-11-9-12-22(18(3)4)25(21)28-16-20-15-14-19-10-8-13-23(24(19)26(20)29)30-27(5,6)7;1-4-10-16(11-5-1)19(17-12-6-2-7-13-17)18-14-8-3-9-15-18;1-2-4-6-5-3-1;/h8-18,29H,1-7H3;1-15H;1-5H;/q;;-1;/p+1. The van der Waals surface area contributed by atoms with Crippen molar-refractivity contribution in [2.75, 3.05) is 0 Å². The van der Waals surface area contributed by atoms with Crippen LogP contribution in [0.5, 0.6) is 11.5 Å². The summed E-state index contributed by atoms with van der Waals surface area (Å²) in [7, 11) is -0.877. The van der Waals surface area contributed by atoms with Crippen molar-refractivity contribution in [2.24, 2.45) is 4.99 Å². The van der Waals surface area contributed by atoms with E-state index in [9.17, 15) is 5.11 Å². The number of nitrogens with zero attached hydrogens (tertiary/aromatic N) is 1. The molecular weight excluding hydrogens is 748 g/mol. The fraction of sp³-hybridized carbons (Fsp3) is 0.196. The Morgan fingerprint density at radius 2 is 1.05 bits per heavy atom. The summed E-state index contributed by atoms with van der Waals surface area (Å²) in [5.41, 5.74) is 3.76. The SMILES string of the molecule is CC(C)c1cccc(C(C)C)c1N=Cc1ccc2cccc(OC(C)(C)C)c2c1O.[Ni].[c-]1ccccc1.c1ccc([PH+](c2ccccc2)c2ccccc2)cc1. The van der Waals surface area contributed by atoms with Crippen LogP contribution < -0.4 is 20.7 Å². The molecule has 0 unspecified atom stereocenters. The number of rotatable bonds is 8. The zero-order valence-corrected chi connectivity index (χ0v) is 35.5. The Morgan fingerprint density at radius 3 is 1.46 bits per heavy atom. The minimum Gasteiger partial charge on any atom is -0.506 e. The molecule has 0 aliphatic rings. The van der Waals surface area contributed by atoms with E-state index in [1.165, 1.54) is 27.0 Å². The largest absolute Gasteiger partial charge is 0.506 e. The van der Waals surface area contributed by atoms with Gasteiger partial charge in [-0.1, -0.05) is 119 Å². The third-order valence-electron chi connectivity index (χ3n) is 8.90. The summed E-state index contributed by atoms with van der Waals surface area (Å²) in [6.45, 7) is 14.7. The van der Waals surface area contributed by atoms with Crippen LogP contribution in [-0.2, 0) is 16.5 Å². The molecule has 7 aromatic carbocycles. The van der Waals surface area contributed by atoms with Gasteiger partial charge in [0.1, 0.15) is 33.0 Å². The molecule has 3 nitrogen and oxygen atoms in total. The second-order valence-corrected chi connectivity index (χ2v) is 17.5. The zero-order chi connectivity index (χ0) is 39.2. The molecule has 0 spiro atoms. The monoisotopic (exact) mass is 801 g/mol. The molecule has 0 bridgehead atoms. The number of hydrogen-bond donors (Lipinski definition) is 1. The van der Waals surface area contributed by atoms with E-state index in [1.807, 2.05) is 81.4 Å². The van der Waals surface area contributed by atoms with Crippen molar-refractivity contribution in [2.45, 2.75) is 65.9 Å². The van der Waals surface area contributed by atoms with Crippen molar-refractivity contribution < 1.29 is 26.3 Å². The van der Waals surface area contributed by atoms with E-state index in [1.54, 1.807) is 6.21 Å². The summed E-state index contributed by atoms with van der Waals surface area (Å²) in [6.07, 6.45) is 1.77. The van der Waals surface area contributed by atoms with E-state index in [-0.39, 0.29) is 27.8 Å². The van der Waals surface area contributed by atoms with Crippen molar-refractivity contribution in [3.05, 3.63) is 193 Å². The minimum absolute atomic E-state index is 0. The third-order valence-corrected chi connectivity index (χ3v) is 11.6. The number of hydrogen-bond acceptors (Lipinski definition) is 3. The number of para-hydroxylation sites is 1. The summed E-state index contributed by atoms with van der Waals surface area (Å²) in [5, 5.41) is 17.1. The Morgan fingerprint density at radius 1 is 0.589 bits per heavy atom. The number of phenolic OH excluding ortho intramolecular Hbond substituents is 1. The molecule has 0 radical (unpaired) electrons. The smallest absolute Gasteiger partial charge is 0.135 e. The summed E-state index contributed by atoms with van der Waals surface area (Å²) < 4.78 is 6.11. The molecule has 290 valence electrons. The predicted octanol–water partition coefficient (Wildman–Crippen LogP) is 12.4. The fourth-order valence-electron chi connectivity index (χ4n) is 6.31. The van der Waals surface area contributed by atoms with E-state index in [2.05, 4.69) is 143 Å². The first-order valence-corrected chi connectivity index (χ1v) is 20.6. The van der Waals surface area contributed by atoms with Crippen LogP contribution >= 0.6 is 7.92 Å². The quantitative estimate of drug-likeness (QED) is 0.0720. The molecule has 0 saturated carbocycles.